The van der Waals surface area contributed by atoms with Crippen molar-refractivity contribution in [2.75, 3.05) is 11.5 Å². The van der Waals surface area contributed by atoms with Gasteiger partial charge in [0.15, 0.2) is 0 Å². The number of hydrogen-bond acceptors (Lipinski definition) is 4. The minimum atomic E-state index is -0.828. The highest BCUT2D eigenvalue weighted by atomic mass is 32.2. The van der Waals surface area contributed by atoms with Crippen molar-refractivity contribution in [3.05, 3.63) is 0 Å². The van der Waals surface area contributed by atoms with E-state index in [9.17, 15) is 9.59 Å². The van der Waals surface area contributed by atoms with E-state index in [2.05, 4.69) is 0 Å². The fraction of sp³-hybridized carbons (Fsp3) is 0.800. The van der Waals surface area contributed by atoms with Crippen LogP contribution in [0.15, 0.2) is 0 Å². The first-order valence-electron chi connectivity index (χ1n) is 5.26. The molecule has 0 atom stereocenters. The van der Waals surface area contributed by atoms with Crippen LogP contribution in [-0.2, 0) is 9.59 Å². The van der Waals surface area contributed by atoms with Gasteiger partial charge in [0, 0.05) is 0 Å². The molecule has 6 heteroatoms. The Hall–Kier alpha value is -0.360. The maximum atomic E-state index is 10.6. The summed E-state index contributed by atoms with van der Waals surface area (Å²) in [5, 5.41) is 17.4. The first-order valence-corrected chi connectivity index (χ1v) is 7.23. The fourth-order valence-corrected chi connectivity index (χ4v) is 4.42. The molecule has 1 saturated carbocycles. The highest BCUT2D eigenvalue weighted by molar-refractivity contribution is 8.18. The Morgan fingerprint density at radius 1 is 0.938 bits per heavy atom. The van der Waals surface area contributed by atoms with Crippen molar-refractivity contribution < 1.29 is 19.8 Å². The van der Waals surface area contributed by atoms with Crippen molar-refractivity contribution >= 4 is 35.5 Å². The molecular formula is C10H16O4S2. The minimum absolute atomic E-state index is 0.0621. The Balaban J connectivity index is 2.52. The molecule has 1 rings (SSSR count). The van der Waals surface area contributed by atoms with E-state index < -0.39 is 11.9 Å². The molecule has 1 aliphatic rings. The number of aliphatic carboxylic acids is 2. The molecule has 0 radical (unpaired) electrons. The molecule has 0 aromatic carbocycles. The predicted molar refractivity (Wildman–Crippen MR) is 66.0 cm³/mol. The SMILES string of the molecule is O=C(O)CSC1(SCC(=O)O)CCCCC1. The molecule has 4 nitrogen and oxygen atoms in total. The Bertz CT molecular complexity index is 242. The van der Waals surface area contributed by atoms with Crippen molar-refractivity contribution in [3.8, 4) is 0 Å². The van der Waals surface area contributed by atoms with Crippen LogP contribution in [-0.4, -0.2) is 37.7 Å². The van der Waals surface area contributed by atoms with Crippen LogP contribution >= 0.6 is 23.5 Å². The molecule has 0 bridgehead atoms. The zero-order valence-corrected chi connectivity index (χ0v) is 10.6. The average molecular weight is 264 g/mol. The summed E-state index contributed by atoms with van der Waals surface area (Å²) in [6.45, 7) is 0. The smallest absolute Gasteiger partial charge is 0.313 e. The molecular weight excluding hydrogens is 248 g/mol. The van der Waals surface area contributed by atoms with Crippen LogP contribution in [0.1, 0.15) is 32.1 Å². The zero-order chi connectivity index (χ0) is 12.0. The van der Waals surface area contributed by atoms with E-state index in [4.69, 9.17) is 10.2 Å². The second-order valence-electron chi connectivity index (χ2n) is 3.84. The van der Waals surface area contributed by atoms with Crippen molar-refractivity contribution in [3.63, 3.8) is 0 Å². The first-order chi connectivity index (χ1) is 7.54. The molecule has 0 amide bonds. The van der Waals surface area contributed by atoms with Gasteiger partial charge in [-0.05, 0) is 12.8 Å². The van der Waals surface area contributed by atoms with Crippen LogP contribution in [0.5, 0.6) is 0 Å². The van der Waals surface area contributed by atoms with Gasteiger partial charge in [-0.1, -0.05) is 19.3 Å². The second kappa shape index (κ2) is 6.39. The molecule has 0 aromatic heterocycles. The molecule has 16 heavy (non-hydrogen) atoms. The predicted octanol–water partition coefficient (Wildman–Crippen LogP) is 2.28. The third-order valence-electron chi connectivity index (χ3n) is 2.53. The number of carbonyl (C=O) groups is 2. The number of hydrogen-bond donors (Lipinski definition) is 2. The van der Waals surface area contributed by atoms with Crippen molar-refractivity contribution in [1.82, 2.24) is 0 Å². The summed E-state index contributed by atoms with van der Waals surface area (Å²) in [6.07, 6.45) is 5.15. The molecule has 0 heterocycles. The minimum Gasteiger partial charge on any atom is -0.481 e. The summed E-state index contributed by atoms with van der Waals surface area (Å²) >= 11 is 2.79. The van der Waals surface area contributed by atoms with Gasteiger partial charge in [-0.25, -0.2) is 0 Å². The van der Waals surface area contributed by atoms with E-state index in [0.717, 1.165) is 25.7 Å². The van der Waals surface area contributed by atoms with Crippen LogP contribution < -0.4 is 0 Å². The summed E-state index contributed by atoms with van der Waals surface area (Å²) in [5.41, 5.74) is 0. The number of carboxylic acid groups (broad SMARTS) is 2. The van der Waals surface area contributed by atoms with Gasteiger partial charge in [-0.15, -0.1) is 23.5 Å². The third-order valence-corrected chi connectivity index (χ3v) is 5.89. The lowest BCUT2D eigenvalue weighted by Gasteiger charge is -2.35. The molecule has 1 fully saturated rings. The monoisotopic (exact) mass is 264 g/mol. The Morgan fingerprint density at radius 2 is 1.38 bits per heavy atom. The average Bonchev–Trinajstić information content (AvgIpc) is 2.25. The fourth-order valence-electron chi connectivity index (χ4n) is 1.81. The summed E-state index contributed by atoms with van der Waals surface area (Å²) < 4.78 is -0.185. The second-order valence-corrected chi connectivity index (χ2v) is 6.81. The van der Waals surface area contributed by atoms with E-state index in [1.807, 2.05) is 0 Å². The van der Waals surface area contributed by atoms with E-state index >= 15 is 0 Å². The summed E-state index contributed by atoms with van der Waals surface area (Å²) in [7, 11) is 0. The van der Waals surface area contributed by atoms with E-state index in [1.54, 1.807) is 0 Å². The topological polar surface area (TPSA) is 74.6 Å². The summed E-state index contributed by atoms with van der Waals surface area (Å²) in [5.74, 6) is -1.53. The van der Waals surface area contributed by atoms with Gasteiger partial charge in [-0.2, -0.15) is 0 Å². The Morgan fingerprint density at radius 3 is 1.75 bits per heavy atom. The maximum absolute atomic E-state index is 10.6. The van der Waals surface area contributed by atoms with Crippen LogP contribution in [0.4, 0.5) is 0 Å². The highest BCUT2D eigenvalue weighted by Crippen LogP contribution is 2.48. The summed E-state index contributed by atoms with van der Waals surface area (Å²) in [6, 6.07) is 0. The van der Waals surface area contributed by atoms with Gasteiger partial charge in [0.1, 0.15) is 0 Å². The van der Waals surface area contributed by atoms with Gasteiger partial charge in [-0.3, -0.25) is 9.59 Å². The van der Waals surface area contributed by atoms with Gasteiger partial charge in [0.05, 0.1) is 15.6 Å². The molecule has 92 valence electrons. The summed E-state index contributed by atoms with van der Waals surface area (Å²) in [4.78, 5) is 21.2. The molecule has 0 aromatic rings. The first kappa shape index (κ1) is 13.7. The van der Waals surface area contributed by atoms with Crippen molar-refractivity contribution in [1.29, 1.82) is 0 Å². The molecule has 1 aliphatic carbocycles. The largest absolute Gasteiger partial charge is 0.481 e. The number of thioether (sulfide) groups is 2. The molecule has 0 spiro atoms. The van der Waals surface area contributed by atoms with Crippen LogP contribution in [0.25, 0.3) is 0 Å². The number of rotatable bonds is 6. The van der Waals surface area contributed by atoms with E-state index in [0.29, 0.717) is 0 Å². The standard InChI is InChI=1S/C10H16O4S2/c11-8(12)6-15-10(16-7-9(13)14)4-2-1-3-5-10/h1-7H2,(H,11,12)(H,13,14). The molecule has 2 N–H and O–H groups in total. The quantitative estimate of drug-likeness (QED) is 0.717. The molecule has 0 saturated heterocycles. The Kier molecular flexibility index (Phi) is 5.48. The number of carboxylic acids is 2. The van der Waals surface area contributed by atoms with Crippen molar-refractivity contribution in [2.24, 2.45) is 0 Å². The molecule has 0 aliphatic heterocycles. The van der Waals surface area contributed by atoms with Gasteiger partial charge >= 0.3 is 11.9 Å². The van der Waals surface area contributed by atoms with Gasteiger partial charge in [0.25, 0.3) is 0 Å². The van der Waals surface area contributed by atoms with Gasteiger partial charge < -0.3 is 10.2 Å². The normalized spacial score (nSPS) is 19.2. The highest BCUT2D eigenvalue weighted by Gasteiger charge is 2.34. The van der Waals surface area contributed by atoms with E-state index in [-0.39, 0.29) is 15.6 Å². The van der Waals surface area contributed by atoms with Crippen molar-refractivity contribution in [2.45, 2.75) is 36.2 Å². The third kappa shape index (κ3) is 4.65. The Labute approximate surface area is 103 Å². The van der Waals surface area contributed by atoms with Crippen LogP contribution in [0.3, 0.4) is 0 Å². The van der Waals surface area contributed by atoms with Gasteiger partial charge in [0.2, 0.25) is 0 Å². The lowest BCUT2D eigenvalue weighted by Crippen LogP contribution is -2.27. The lowest BCUT2D eigenvalue weighted by molar-refractivity contribution is -0.134. The van der Waals surface area contributed by atoms with E-state index in [1.165, 1.54) is 29.9 Å². The molecule has 0 unspecified atom stereocenters. The zero-order valence-electron chi connectivity index (χ0n) is 8.98. The maximum Gasteiger partial charge on any atom is 0.313 e. The van der Waals surface area contributed by atoms with Crippen LogP contribution in [0, 0.1) is 0 Å². The lowest BCUT2D eigenvalue weighted by atomic mass is 10.00. The van der Waals surface area contributed by atoms with Crippen LogP contribution in [0.2, 0.25) is 0 Å².